The standard InChI is InChI=1S/C14H26N2O4/c1-4-7-14(12(17)18)8-6-9-16(14)13(19)15-11(5-2)10-20-3/h11H,4-10H2,1-3H3,(H,15,19)(H,17,18). The van der Waals surface area contributed by atoms with E-state index >= 15 is 0 Å². The third kappa shape index (κ3) is 3.42. The van der Waals surface area contributed by atoms with E-state index in [1.807, 2.05) is 13.8 Å². The van der Waals surface area contributed by atoms with Crippen LogP contribution in [0.25, 0.3) is 0 Å². The molecule has 116 valence electrons. The summed E-state index contributed by atoms with van der Waals surface area (Å²) in [4.78, 5) is 25.5. The fraction of sp³-hybridized carbons (Fsp3) is 0.857. The lowest BCUT2D eigenvalue weighted by molar-refractivity contribution is -0.148. The van der Waals surface area contributed by atoms with E-state index in [-0.39, 0.29) is 12.1 Å². The van der Waals surface area contributed by atoms with Crippen LogP contribution in [0.3, 0.4) is 0 Å². The number of nitrogens with zero attached hydrogens (tertiary/aromatic N) is 1. The molecule has 0 aromatic carbocycles. The number of carboxylic acids is 1. The van der Waals surface area contributed by atoms with E-state index in [9.17, 15) is 14.7 Å². The Morgan fingerprint density at radius 3 is 2.65 bits per heavy atom. The smallest absolute Gasteiger partial charge is 0.329 e. The molecule has 2 unspecified atom stereocenters. The summed E-state index contributed by atoms with van der Waals surface area (Å²) in [7, 11) is 1.59. The molecule has 2 N–H and O–H groups in total. The lowest BCUT2D eigenvalue weighted by Gasteiger charge is -2.35. The van der Waals surface area contributed by atoms with Gasteiger partial charge in [-0.1, -0.05) is 20.3 Å². The number of hydrogen-bond donors (Lipinski definition) is 2. The van der Waals surface area contributed by atoms with Gasteiger partial charge >= 0.3 is 12.0 Å². The average molecular weight is 286 g/mol. The zero-order valence-electron chi connectivity index (χ0n) is 12.6. The second-order valence-electron chi connectivity index (χ2n) is 5.35. The van der Waals surface area contributed by atoms with E-state index in [1.165, 1.54) is 4.90 Å². The van der Waals surface area contributed by atoms with Gasteiger partial charge in [0.1, 0.15) is 5.54 Å². The number of hydrogen-bond acceptors (Lipinski definition) is 3. The van der Waals surface area contributed by atoms with Gasteiger partial charge in [-0.25, -0.2) is 9.59 Å². The lowest BCUT2D eigenvalue weighted by atomic mass is 9.91. The summed E-state index contributed by atoms with van der Waals surface area (Å²) in [6.45, 7) is 4.84. The van der Waals surface area contributed by atoms with Crippen molar-refractivity contribution in [2.45, 2.75) is 57.5 Å². The van der Waals surface area contributed by atoms with Crippen molar-refractivity contribution in [1.29, 1.82) is 0 Å². The van der Waals surface area contributed by atoms with Crippen LogP contribution in [0.1, 0.15) is 46.0 Å². The maximum Gasteiger partial charge on any atom is 0.329 e. The predicted molar refractivity (Wildman–Crippen MR) is 75.7 cm³/mol. The molecule has 1 heterocycles. The van der Waals surface area contributed by atoms with Crippen molar-refractivity contribution in [1.82, 2.24) is 10.2 Å². The maximum atomic E-state index is 12.4. The van der Waals surface area contributed by atoms with Crippen molar-refractivity contribution in [2.75, 3.05) is 20.3 Å². The fourth-order valence-electron chi connectivity index (χ4n) is 2.89. The molecule has 6 heteroatoms. The van der Waals surface area contributed by atoms with E-state index in [0.29, 0.717) is 26.0 Å². The van der Waals surface area contributed by atoms with Gasteiger partial charge in [-0.15, -0.1) is 0 Å². The number of ether oxygens (including phenoxy) is 1. The topological polar surface area (TPSA) is 78.9 Å². The molecule has 2 amide bonds. The molecule has 1 fully saturated rings. The molecule has 0 radical (unpaired) electrons. The molecule has 1 rings (SSSR count). The summed E-state index contributed by atoms with van der Waals surface area (Å²) >= 11 is 0. The third-order valence-electron chi connectivity index (χ3n) is 3.98. The van der Waals surface area contributed by atoms with E-state index < -0.39 is 11.5 Å². The zero-order valence-corrected chi connectivity index (χ0v) is 12.6. The number of likely N-dealkylation sites (tertiary alicyclic amines) is 1. The van der Waals surface area contributed by atoms with Crippen molar-refractivity contribution in [3.8, 4) is 0 Å². The summed E-state index contributed by atoms with van der Waals surface area (Å²) in [6, 6.07) is -0.372. The summed E-state index contributed by atoms with van der Waals surface area (Å²) in [5.41, 5.74) is -1.04. The lowest BCUT2D eigenvalue weighted by Crippen LogP contribution is -2.57. The van der Waals surface area contributed by atoms with Gasteiger partial charge in [-0.05, 0) is 25.7 Å². The maximum absolute atomic E-state index is 12.4. The van der Waals surface area contributed by atoms with Crippen LogP contribution in [0.5, 0.6) is 0 Å². The van der Waals surface area contributed by atoms with Gasteiger partial charge in [-0.3, -0.25) is 0 Å². The van der Waals surface area contributed by atoms with Gasteiger partial charge < -0.3 is 20.1 Å². The highest BCUT2D eigenvalue weighted by Crippen LogP contribution is 2.34. The Kier molecular flexibility index (Phi) is 6.26. The first kappa shape index (κ1) is 16.8. The van der Waals surface area contributed by atoms with Gasteiger partial charge in [0.2, 0.25) is 0 Å². The molecule has 20 heavy (non-hydrogen) atoms. The Morgan fingerprint density at radius 2 is 2.15 bits per heavy atom. The highest BCUT2D eigenvalue weighted by molar-refractivity contribution is 5.87. The zero-order chi connectivity index (χ0) is 15.2. The molecule has 0 aliphatic carbocycles. The molecule has 0 aromatic rings. The minimum absolute atomic E-state index is 0.0822. The monoisotopic (exact) mass is 286 g/mol. The minimum atomic E-state index is -1.04. The predicted octanol–water partition coefficient (Wildman–Crippen LogP) is 1.84. The van der Waals surface area contributed by atoms with E-state index in [2.05, 4.69) is 5.32 Å². The van der Waals surface area contributed by atoms with Crippen molar-refractivity contribution >= 4 is 12.0 Å². The highest BCUT2D eigenvalue weighted by atomic mass is 16.5. The number of rotatable bonds is 7. The largest absolute Gasteiger partial charge is 0.479 e. The molecule has 6 nitrogen and oxygen atoms in total. The molecule has 1 aliphatic heterocycles. The number of urea groups is 1. The Labute approximate surface area is 120 Å². The summed E-state index contributed by atoms with van der Waals surface area (Å²) in [5, 5.41) is 12.4. The first-order valence-electron chi connectivity index (χ1n) is 7.32. The second kappa shape index (κ2) is 7.47. The van der Waals surface area contributed by atoms with Crippen LogP contribution in [0.2, 0.25) is 0 Å². The van der Waals surface area contributed by atoms with E-state index in [1.54, 1.807) is 7.11 Å². The van der Waals surface area contributed by atoms with Gasteiger partial charge in [0, 0.05) is 13.7 Å². The molecular formula is C14H26N2O4. The van der Waals surface area contributed by atoms with Crippen molar-refractivity contribution in [3.63, 3.8) is 0 Å². The number of carboxylic acid groups (broad SMARTS) is 1. The fourth-order valence-corrected chi connectivity index (χ4v) is 2.89. The first-order chi connectivity index (χ1) is 9.51. The molecule has 0 aromatic heterocycles. The van der Waals surface area contributed by atoms with Crippen LogP contribution in [-0.4, -0.2) is 53.8 Å². The molecule has 0 saturated carbocycles. The molecule has 0 bridgehead atoms. The summed E-state index contributed by atoms with van der Waals surface area (Å²) in [5.74, 6) is -0.896. The number of amides is 2. The van der Waals surface area contributed by atoms with Gasteiger partial charge in [0.15, 0.2) is 0 Å². The number of carbonyl (C=O) groups is 2. The van der Waals surface area contributed by atoms with Crippen LogP contribution in [0.4, 0.5) is 4.79 Å². The number of methoxy groups -OCH3 is 1. The number of nitrogens with one attached hydrogen (secondary N) is 1. The Hall–Kier alpha value is -1.30. The SMILES string of the molecule is CCCC1(C(=O)O)CCCN1C(=O)NC(CC)COC. The summed E-state index contributed by atoms with van der Waals surface area (Å²) in [6.07, 6.45) is 3.26. The van der Waals surface area contributed by atoms with Crippen LogP contribution in [0, 0.1) is 0 Å². The summed E-state index contributed by atoms with van der Waals surface area (Å²) < 4.78 is 5.06. The molecule has 1 saturated heterocycles. The first-order valence-corrected chi connectivity index (χ1v) is 7.32. The van der Waals surface area contributed by atoms with Crippen LogP contribution >= 0.6 is 0 Å². The van der Waals surface area contributed by atoms with Crippen molar-refractivity contribution in [3.05, 3.63) is 0 Å². The molecule has 0 spiro atoms. The van der Waals surface area contributed by atoms with Gasteiger partial charge in [0.25, 0.3) is 0 Å². The Balaban J connectivity index is 2.81. The average Bonchev–Trinajstić information content (AvgIpc) is 2.83. The Morgan fingerprint density at radius 1 is 1.45 bits per heavy atom. The minimum Gasteiger partial charge on any atom is -0.479 e. The third-order valence-corrected chi connectivity index (χ3v) is 3.98. The second-order valence-corrected chi connectivity index (χ2v) is 5.35. The van der Waals surface area contributed by atoms with E-state index in [4.69, 9.17) is 4.74 Å². The highest BCUT2D eigenvalue weighted by Gasteiger charge is 2.49. The van der Waals surface area contributed by atoms with Crippen molar-refractivity contribution in [2.24, 2.45) is 0 Å². The Bertz CT molecular complexity index is 348. The van der Waals surface area contributed by atoms with Crippen molar-refractivity contribution < 1.29 is 19.4 Å². The van der Waals surface area contributed by atoms with E-state index in [0.717, 1.165) is 19.3 Å². The number of aliphatic carboxylic acids is 1. The van der Waals surface area contributed by atoms with Crippen LogP contribution in [-0.2, 0) is 9.53 Å². The molecule has 1 aliphatic rings. The normalized spacial score (nSPS) is 23.6. The van der Waals surface area contributed by atoms with Crippen LogP contribution < -0.4 is 5.32 Å². The quantitative estimate of drug-likeness (QED) is 0.748. The number of carbonyl (C=O) groups excluding carboxylic acids is 1. The van der Waals surface area contributed by atoms with Gasteiger partial charge in [0.05, 0.1) is 12.6 Å². The van der Waals surface area contributed by atoms with Crippen LogP contribution in [0.15, 0.2) is 0 Å². The molecular weight excluding hydrogens is 260 g/mol. The van der Waals surface area contributed by atoms with Gasteiger partial charge in [-0.2, -0.15) is 0 Å². The molecule has 2 atom stereocenters.